The molecule has 1 fully saturated rings. The number of hydrogen-bond acceptors (Lipinski definition) is 9. The lowest BCUT2D eigenvalue weighted by molar-refractivity contribution is -0.142. The number of hydrogen-bond donors (Lipinski definition) is 3. The fraction of sp³-hybridized carbons (Fsp3) is 0.381. The number of nitrogens with zero attached hydrogens (tertiary/aromatic N) is 1. The fourth-order valence-electron chi connectivity index (χ4n) is 3.29. The molecule has 3 N–H and O–H groups in total. The first-order chi connectivity index (χ1) is 16.7. The van der Waals surface area contributed by atoms with Crippen molar-refractivity contribution in [1.82, 2.24) is 14.6 Å². The minimum absolute atomic E-state index is 0.00722. The van der Waals surface area contributed by atoms with Crippen LogP contribution in [0, 0.1) is 0 Å². The molecule has 0 aliphatic carbocycles. The molecule has 0 saturated carbocycles. The van der Waals surface area contributed by atoms with Crippen LogP contribution in [0.2, 0.25) is 0 Å². The number of rotatable bonds is 10. The van der Waals surface area contributed by atoms with Crippen LogP contribution in [0.5, 0.6) is 5.75 Å². The summed E-state index contributed by atoms with van der Waals surface area (Å²) in [7, 11) is -2.95. The summed E-state index contributed by atoms with van der Waals surface area (Å²) in [5.74, 6) is -0.466. The van der Waals surface area contributed by atoms with Gasteiger partial charge in [-0.1, -0.05) is 34.1 Å². The third kappa shape index (κ3) is 7.00. The van der Waals surface area contributed by atoms with Gasteiger partial charge in [-0.25, -0.2) is 9.36 Å². The van der Waals surface area contributed by atoms with Gasteiger partial charge in [0, 0.05) is 12.6 Å². The summed E-state index contributed by atoms with van der Waals surface area (Å²) in [6.45, 7) is 1.03. The zero-order valence-corrected chi connectivity index (χ0v) is 21.3. The van der Waals surface area contributed by atoms with Crippen LogP contribution in [0.3, 0.4) is 0 Å². The van der Waals surface area contributed by atoms with Gasteiger partial charge in [0.1, 0.15) is 24.1 Å². The molecule has 2 aromatic rings. The molecule has 1 aromatic carbocycles. The number of aliphatic hydroxyl groups is 1. The number of para-hydroxylation sites is 1. The van der Waals surface area contributed by atoms with Gasteiger partial charge >= 0.3 is 19.4 Å². The Bertz CT molecular complexity index is 1220. The second kappa shape index (κ2) is 11.9. The average molecular weight is 574 g/mol. The smallest absolute Gasteiger partial charge is 0.459 e. The van der Waals surface area contributed by atoms with Crippen molar-refractivity contribution in [1.29, 1.82) is 0 Å². The summed E-state index contributed by atoms with van der Waals surface area (Å²) >= 11 is 3.08. The minimum atomic E-state index is -4.14. The van der Waals surface area contributed by atoms with Crippen molar-refractivity contribution in [2.45, 2.75) is 37.8 Å². The quantitative estimate of drug-likeness (QED) is 0.283. The minimum Gasteiger partial charge on any atom is -0.468 e. The number of aromatic nitrogens is 2. The maximum Gasteiger partial charge on any atom is 0.459 e. The third-order valence-corrected chi connectivity index (χ3v) is 6.94. The molecule has 2 heterocycles. The first-order valence-electron chi connectivity index (χ1n) is 10.5. The normalized spacial score (nSPS) is 22.6. The highest BCUT2D eigenvalue weighted by Crippen LogP contribution is 2.45. The van der Waals surface area contributed by atoms with Gasteiger partial charge in [-0.05, 0) is 30.1 Å². The summed E-state index contributed by atoms with van der Waals surface area (Å²) < 4.78 is 36.0. The number of benzene rings is 1. The number of nitrogens with one attached hydrogen (secondary N) is 2. The highest BCUT2D eigenvalue weighted by atomic mass is 79.9. The topological polar surface area (TPSA) is 158 Å². The molecule has 5 atom stereocenters. The maximum absolute atomic E-state index is 13.4. The summed E-state index contributed by atoms with van der Waals surface area (Å²) in [5.41, 5.74) is -1.10. The van der Waals surface area contributed by atoms with Crippen molar-refractivity contribution in [2.24, 2.45) is 0 Å². The van der Waals surface area contributed by atoms with Crippen LogP contribution >= 0.6 is 23.7 Å². The monoisotopic (exact) mass is 573 g/mol. The highest BCUT2D eigenvalue weighted by molar-refractivity contribution is 9.11. The van der Waals surface area contributed by atoms with Crippen molar-refractivity contribution in [3.8, 4) is 5.75 Å². The van der Waals surface area contributed by atoms with Crippen molar-refractivity contribution in [3.63, 3.8) is 0 Å². The Balaban J connectivity index is 1.75. The Morgan fingerprint density at radius 2 is 2.11 bits per heavy atom. The highest BCUT2D eigenvalue weighted by Gasteiger charge is 2.39. The number of aliphatic hydroxyl groups excluding tert-OH is 1. The first kappa shape index (κ1) is 27.1. The van der Waals surface area contributed by atoms with Crippen LogP contribution < -0.4 is 20.9 Å². The van der Waals surface area contributed by atoms with E-state index in [9.17, 15) is 24.1 Å². The van der Waals surface area contributed by atoms with Crippen LogP contribution in [-0.4, -0.2) is 52.6 Å². The SMILES string of the molecule is COC(=O)[C@H](C)NP(=O)(OC[C@H]1O[C@@H](n2cc(/C=C/Br)c(=O)[nH]c2=O)C[C@H]1O)Oc1ccccc1. The number of halogens is 1. The number of H-pyrrole nitrogens is 1. The van der Waals surface area contributed by atoms with Gasteiger partial charge in [-0.2, -0.15) is 5.09 Å². The molecular formula is C21H25BrN3O9P. The van der Waals surface area contributed by atoms with Crippen LogP contribution in [-0.2, 0) is 23.4 Å². The second-order valence-corrected chi connectivity index (χ2v) is 9.77. The van der Waals surface area contributed by atoms with Crippen LogP contribution in [0.15, 0.2) is 51.1 Å². The zero-order valence-electron chi connectivity index (χ0n) is 18.8. The van der Waals surface area contributed by atoms with E-state index in [1.54, 1.807) is 30.3 Å². The van der Waals surface area contributed by atoms with E-state index in [2.05, 4.69) is 30.7 Å². The number of methoxy groups -OCH3 is 1. The average Bonchev–Trinajstić information content (AvgIpc) is 3.19. The number of ether oxygens (including phenoxy) is 2. The van der Waals surface area contributed by atoms with Crippen molar-refractivity contribution >= 4 is 35.7 Å². The molecule has 1 aliphatic rings. The van der Waals surface area contributed by atoms with Crippen LogP contribution in [0.4, 0.5) is 0 Å². The fourth-order valence-corrected chi connectivity index (χ4v) is 5.07. The number of carbonyl (C=O) groups is 1. The molecular weight excluding hydrogens is 549 g/mol. The third-order valence-electron chi connectivity index (χ3n) is 5.04. The Hall–Kier alpha value is -2.54. The number of aromatic amines is 1. The predicted octanol–water partition coefficient (Wildman–Crippen LogP) is 1.91. The Kier molecular flexibility index (Phi) is 9.22. The van der Waals surface area contributed by atoms with E-state index in [1.807, 2.05) is 0 Å². The van der Waals surface area contributed by atoms with E-state index in [0.29, 0.717) is 0 Å². The number of esters is 1. The molecule has 3 rings (SSSR count). The molecule has 14 heteroatoms. The molecule has 1 saturated heterocycles. The lowest BCUT2D eigenvalue weighted by Crippen LogP contribution is -2.36. The van der Waals surface area contributed by atoms with Crippen LogP contribution in [0.25, 0.3) is 6.08 Å². The first-order valence-corrected chi connectivity index (χ1v) is 12.9. The number of carbonyl (C=O) groups excluding carboxylic acids is 1. The van der Waals surface area contributed by atoms with E-state index in [-0.39, 0.29) is 17.7 Å². The predicted molar refractivity (Wildman–Crippen MR) is 129 cm³/mol. The van der Waals surface area contributed by atoms with Crippen molar-refractivity contribution in [3.05, 3.63) is 67.9 Å². The van der Waals surface area contributed by atoms with E-state index >= 15 is 0 Å². The Morgan fingerprint density at radius 3 is 2.77 bits per heavy atom. The Labute approximate surface area is 208 Å². The summed E-state index contributed by atoms with van der Waals surface area (Å²) in [6.07, 6.45) is -0.224. The molecule has 190 valence electrons. The summed E-state index contributed by atoms with van der Waals surface area (Å²) in [5, 5.41) is 13.0. The van der Waals surface area contributed by atoms with Crippen LogP contribution in [0.1, 0.15) is 25.1 Å². The largest absolute Gasteiger partial charge is 0.468 e. The van der Waals surface area contributed by atoms with Crippen molar-refractivity contribution < 1.29 is 33.0 Å². The second-order valence-electron chi connectivity index (χ2n) is 7.55. The van der Waals surface area contributed by atoms with Gasteiger partial charge in [0.2, 0.25) is 0 Å². The van der Waals surface area contributed by atoms with E-state index in [1.165, 1.54) is 31.3 Å². The van der Waals surface area contributed by atoms with Gasteiger partial charge in [0.25, 0.3) is 5.56 Å². The molecule has 35 heavy (non-hydrogen) atoms. The lowest BCUT2D eigenvalue weighted by Gasteiger charge is -2.24. The molecule has 0 bridgehead atoms. The Morgan fingerprint density at radius 1 is 1.40 bits per heavy atom. The summed E-state index contributed by atoms with van der Waals surface area (Å²) in [4.78, 5) is 39.7. The van der Waals surface area contributed by atoms with E-state index in [4.69, 9.17) is 13.8 Å². The maximum atomic E-state index is 13.4. The lowest BCUT2D eigenvalue weighted by atomic mass is 10.2. The van der Waals surface area contributed by atoms with E-state index < -0.39 is 56.0 Å². The molecule has 0 amide bonds. The van der Waals surface area contributed by atoms with Gasteiger partial charge in [-0.3, -0.25) is 23.7 Å². The molecule has 12 nitrogen and oxygen atoms in total. The zero-order chi connectivity index (χ0) is 25.6. The molecule has 0 spiro atoms. The van der Waals surface area contributed by atoms with Gasteiger partial charge in [-0.15, -0.1) is 0 Å². The summed E-state index contributed by atoms with van der Waals surface area (Å²) in [6, 6.07) is 7.15. The van der Waals surface area contributed by atoms with Gasteiger partial charge in [0.15, 0.2) is 0 Å². The van der Waals surface area contributed by atoms with Gasteiger partial charge < -0.3 is 19.1 Å². The standard InChI is InChI=1S/C21H25BrN3O9P/c1-13(20(28)31-2)24-35(30,34-15-6-4-3-5-7-15)32-12-17-16(26)10-18(33-17)25-11-14(8-9-22)19(27)23-21(25)29/h3-9,11,13,16-18,26H,10,12H2,1-2H3,(H,24,30)(H,23,27,29)/b9-8+/t13-,16+,17+,18+,35?/m0/s1. The van der Waals surface area contributed by atoms with Gasteiger partial charge in [0.05, 0.1) is 25.4 Å². The van der Waals surface area contributed by atoms with Crippen molar-refractivity contribution in [2.75, 3.05) is 13.7 Å². The molecule has 1 aliphatic heterocycles. The molecule has 1 aromatic heterocycles. The van der Waals surface area contributed by atoms with E-state index in [0.717, 1.165) is 4.57 Å². The molecule has 0 radical (unpaired) electrons. The molecule has 1 unspecified atom stereocenters.